The molecule has 0 unspecified atom stereocenters. The average Bonchev–Trinajstić information content (AvgIpc) is 2.77. The molecule has 31 heavy (non-hydrogen) atoms. The molecule has 0 atom stereocenters. The van der Waals surface area contributed by atoms with Crippen LogP contribution in [0.4, 0.5) is 10.2 Å². The van der Waals surface area contributed by atoms with Crippen LogP contribution in [0.5, 0.6) is 0 Å². The number of benzene rings is 1. The van der Waals surface area contributed by atoms with Crippen molar-refractivity contribution < 1.29 is 9.18 Å². The second-order valence-electron chi connectivity index (χ2n) is 7.82. The van der Waals surface area contributed by atoms with Gasteiger partial charge in [-0.05, 0) is 55.5 Å². The van der Waals surface area contributed by atoms with Crippen molar-refractivity contribution in [3.8, 4) is 0 Å². The first kappa shape index (κ1) is 22.5. The summed E-state index contributed by atoms with van der Waals surface area (Å²) in [5, 5.41) is 6.65. The van der Waals surface area contributed by atoms with E-state index in [1.165, 1.54) is 6.07 Å². The SMILES string of the molecule is CN=C(NCCc1ccc(F)cc1C)NCc1cccnc1N1CCC(C(N)=O)CC1. The van der Waals surface area contributed by atoms with Crippen molar-refractivity contribution in [2.75, 3.05) is 31.6 Å². The number of pyridine rings is 1. The third-order valence-electron chi connectivity index (χ3n) is 5.73. The van der Waals surface area contributed by atoms with E-state index >= 15 is 0 Å². The van der Waals surface area contributed by atoms with Crippen LogP contribution in [0.2, 0.25) is 0 Å². The summed E-state index contributed by atoms with van der Waals surface area (Å²) in [4.78, 5) is 22.5. The van der Waals surface area contributed by atoms with Gasteiger partial charge in [0.25, 0.3) is 0 Å². The van der Waals surface area contributed by atoms with Gasteiger partial charge in [-0.2, -0.15) is 0 Å². The Balaban J connectivity index is 1.53. The Morgan fingerprint density at radius 3 is 2.71 bits per heavy atom. The number of hydrogen-bond donors (Lipinski definition) is 3. The Bertz CT molecular complexity index is 924. The summed E-state index contributed by atoms with van der Waals surface area (Å²) in [6, 6.07) is 8.84. The minimum atomic E-state index is -0.215. The number of nitrogens with zero attached hydrogens (tertiary/aromatic N) is 3. The first-order valence-corrected chi connectivity index (χ1v) is 10.7. The van der Waals surface area contributed by atoms with Gasteiger partial charge < -0.3 is 21.3 Å². The Labute approximate surface area is 183 Å². The Hall–Kier alpha value is -3.16. The van der Waals surface area contributed by atoms with Gasteiger partial charge in [-0.1, -0.05) is 12.1 Å². The highest BCUT2D eigenvalue weighted by molar-refractivity contribution is 5.79. The molecule has 1 saturated heterocycles. The van der Waals surface area contributed by atoms with Gasteiger partial charge in [-0.3, -0.25) is 9.79 Å². The van der Waals surface area contributed by atoms with Crippen molar-refractivity contribution in [1.82, 2.24) is 15.6 Å². The van der Waals surface area contributed by atoms with Crippen LogP contribution >= 0.6 is 0 Å². The van der Waals surface area contributed by atoms with Crippen LogP contribution in [0.25, 0.3) is 0 Å². The predicted molar refractivity (Wildman–Crippen MR) is 121 cm³/mol. The molecule has 0 saturated carbocycles. The second kappa shape index (κ2) is 10.7. The number of carbonyl (C=O) groups is 1. The van der Waals surface area contributed by atoms with Crippen molar-refractivity contribution in [2.45, 2.75) is 32.7 Å². The van der Waals surface area contributed by atoms with Gasteiger partial charge in [0.15, 0.2) is 5.96 Å². The van der Waals surface area contributed by atoms with Crippen molar-refractivity contribution in [3.05, 3.63) is 59.0 Å². The molecule has 1 aliphatic heterocycles. The third kappa shape index (κ3) is 6.16. The fourth-order valence-electron chi connectivity index (χ4n) is 3.88. The molecule has 2 aromatic rings. The van der Waals surface area contributed by atoms with Gasteiger partial charge >= 0.3 is 0 Å². The number of aliphatic imine (C=N–C) groups is 1. The zero-order valence-electron chi connectivity index (χ0n) is 18.2. The lowest BCUT2D eigenvalue weighted by molar-refractivity contribution is -0.122. The topological polar surface area (TPSA) is 95.6 Å². The average molecular weight is 427 g/mol. The number of hydrogen-bond acceptors (Lipinski definition) is 4. The molecule has 1 amide bonds. The molecule has 166 valence electrons. The van der Waals surface area contributed by atoms with Gasteiger partial charge in [0.05, 0.1) is 0 Å². The minimum absolute atomic E-state index is 0.0469. The first-order valence-electron chi connectivity index (χ1n) is 10.7. The smallest absolute Gasteiger partial charge is 0.220 e. The zero-order valence-corrected chi connectivity index (χ0v) is 18.2. The quantitative estimate of drug-likeness (QED) is 0.466. The summed E-state index contributed by atoms with van der Waals surface area (Å²) in [5.74, 6) is 1.15. The summed E-state index contributed by atoms with van der Waals surface area (Å²) in [6.45, 7) is 4.71. The molecular formula is C23H31FN6O. The largest absolute Gasteiger partial charge is 0.369 e. The molecule has 0 spiro atoms. The van der Waals surface area contributed by atoms with Crippen molar-refractivity contribution in [3.63, 3.8) is 0 Å². The van der Waals surface area contributed by atoms with Gasteiger partial charge in [-0.25, -0.2) is 9.37 Å². The van der Waals surface area contributed by atoms with E-state index in [9.17, 15) is 9.18 Å². The molecule has 0 aliphatic carbocycles. The molecule has 1 fully saturated rings. The Morgan fingerprint density at radius 1 is 1.26 bits per heavy atom. The van der Waals surface area contributed by atoms with E-state index in [0.717, 1.165) is 54.9 Å². The van der Waals surface area contributed by atoms with Crippen molar-refractivity contribution in [1.29, 1.82) is 0 Å². The highest BCUT2D eigenvalue weighted by Gasteiger charge is 2.24. The van der Waals surface area contributed by atoms with Crippen LogP contribution in [0, 0.1) is 18.7 Å². The number of carbonyl (C=O) groups excluding carboxylic acids is 1. The van der Waals surface area contributed by atoms with Crippen molar-refractivity contribution >= 4 is 17.7 Å². The summed E-state index contributed by atoms with van der Waals surface area (Å²) in [5.41, 5.74) is 8.57. The number of nitrogens with two attached hydrogens (primary N) is 1. The van der Waals surface area contributed by atoms with Crippen LogP contribution in [-0.4, -0.2) is 43.5 Å². The fourth-order valence-corrected chi connectivity index (χ4v) is 3.88. The lowest BCUT2D eigenvalue weighted by Gasteiger charge is -2.32. The van der Waals surface area contributed by atoms with Gasteiger partial charge in [0, 0.05) is 50.9 Å². The number of aromatic nitrogens is 1. The van der Waals surface area contributed by atoms with Gasteiger partial charge in [-0.15, -0.1) is 0 Å². The van der Waals surface area contributed by atoms with Gasteiger partial charge in [0.1, 0.15) is 11.6 Å². The number of guanidine groups is 1. The summed E-state index contributed by atoms with van der Waals surface area (Å²) in [7, 11) is 1.73. The molecule has 8 heteroatoms. The van der Waals surface area contributed by atoms with Crippen LogP contribution in [0.1, 0.15) is 29.5 Å². The van der Waals surface area contributed by atoms with Crippen molar-refractivity contribution in [2.24, 2.45) is 16.6 Å². The number of amides is 1. The van der Waals surface area contributed by atoms with Crippen LogP contribution < -0.4 is 21.3 Å². The van der Waals surface area contributed by atoms with Crippen LogP contribution in [0.15, 0.2) is 41.5 Å². The van der Waals surface area contributed by atoms with Crippen LogP contribution in [-0.2, 0) is 17.8 Å². The molecule has 7 nitrogen and oxygen atoms in total. The summed E-state index contributed by atoms with van der Waals surface area (Å²) >= 11 is 0. The molecule has 2 heterocycles. The number of halogens is 1. The van der Waals surface area contributed by atoms with Gasteiger partial charge in [0.2, 0.25) is 5.91 Å². The summed E-state index contributed by atoms with van der Waals surface area (Å²) in [6.07, 6.45) is 4.08. The standard InChI is InChI=1S/C23H31FN6O/c1-16-14-20(24)6-5-17(16)7-11-28-23(26-2)29-15-19-4-3-10-27-22(19)30-12-8-18(9-13-30)21(25)31/h3-6,10,14,18H,7-9,11-13,15H2,1-2H3,(H2,25,31)(H2,26,28,29). The number of piperidine rings is 1. The monoisotopic (exact) mass is 426 g/mol. The van der Waals surface area contributed by atoms with E-state index in [1.54, 1.807) is 19.3 Å². The van der Waals surface area contributed by atoms with E-state index in [1.807, 2.05) is 25.1 Å². The van der Waals surface area contributed by atoms with E-state index in [0.29, 0.717) is 19.0 Å². The normalized spacial score (nSPS) is 15.1. The fraction of sp³-hybridized carbons (Fsp3) is 0.435. The molecule has 1 aliphatic rings. The third-order valence-corrected chi connectivity index (χ3v) is 5.73. The number of nitrogens with one attached hydrogen (secondary N) is 2. The maximum Gasteiger partial charge on any atom is 0.220 e. The number of primary amides is 1. The van der Waals surface area contributed by atoms with E-state index < -0.39 is 0 Å². The maximum absolute atomic E-state index is 13.3. The maximum atomic E-state index is 13.3. The predicted octanol–water partition coefficient (Wildman–Crippen LogP) is 2.14. The Kier molecular flexibility index (Phi) is 7.81. The van der Waals surface area contributed by atoms with E-state index in [-0.39, 0.29) is 17.6 Å². The van der Waals surface area contributed by atoms with E-state index in [2.05, 4.69) is 25.5 Å². The highest BCUT2D eigenvalue weighted by Crippen LogP contribution is 2.24. The van der Waals surface area contributed by atoms with Crippen LogP contribution in [0.3, 0.4) is 0 Å². The number of aryl methyl sites for hydroxylation is 1. The highest BCUT2D eigenvalue weighted by atomic mass is 19.1. The lowest BCUT2D eigenvalue weighted by atomic mass is 9.96. The molecule has 3 rings (SSSR count). The molecule has 1 aromatic heterocycles. The molecule has 4 N–H and O–H groups in total. The number of rotatable bonds is 7. The Morgan fingerprint density at radius 2 is 2.03 bits per heavy atom. The lowest BCUT2D eigenvalue weighted by Crippen LogP contribution is -2.40. The number of anilines is 1. The minimum Gasteiger partial charge on any atom is -0.369 e. The second-order valence-corrected chi connectivity index (χ2v) is 7.82. The molecular weight excluding hydrogens is 395 g/mol. The van der Waals surface area contributed by atoms with E-state index in [4.69, 9.17) is 5.73 Å². The molecule has 0 radical (unpaired) electrons. The first-order chi connectivity index (χ1) is 15.0. The molecule has 1 aromatic carbocycles. The zero-order chi connectivity index (χ0) is 22.2. The summed E-state index contributed by atoms with van der Waals surface area (Å²) < 4.78 is 13.3. The molecule has 0 bridgehead atoms.